The molecular weight excluding hydrogens is 376 g/mol. The third kappa shape index (κ3) is 3.64. The number of halogens is 1. The molecule has 5 heteroatoms. The summed E-state index contributed by atoms with van der Waals surface area (Å²) in [5, 5.41) is 4.47. The highest BCUT2D eigenvalue weighted by molar-refractivity contribution is 9.10. The lowest BCUT2D eigenvalue weighted by Crippen LogP contribution is -2.47. The van der Waals surface area contributed by atoms with Gasteiger partial charge in [-0.2, -0.15) is 5.10 Å². The zero-order chi connectivity index (χ0) is 17.2. The Bertz CT molecular complexity index is 842. The Balaban J connectivity index is 1.52. The van der Waals surface area contributed by atoms with E-state index >= 15 is 0 Å². The predicted octanol–water partition coefficient (Wildman–Crippen LogP) is 3.63. The maximum Gasteiger partial charge on any atom is 0.0694 e. The van der Waals surface area contributed by atoms with E-state index in [1.165, 1.54) is 16.6 Å². The fourth-order valence-corrected chi connectivity index (χ4v) is 3.93. The minimum atomic E-state index is 0.452. The van der Waals surface area contributed by atoms with E-state index in [-0.39, 0.29) is 0 Å². The minimum absolute atomic E-state index is 0.452. The minimum Gasteiger partial charge on any atom is -0.303 e. The summed E-state index contributed by atoms with van der Waals surface area (Å²) in [4.78, 5) is 5.05. The molecule has 130 valence electrons. The Morgan fingerprint density at radius 1 is 1.12 bits per heavy atom. The van der Waals surface area contributed by atoms with Gasteiger partial charge in [-0.1, -0.05) is 34.1 Å². The lowest BCUT2D eigenvalue weighted by Gasteiger charge is -2.40. The Labute approximate surface area is 157 Å². The second-order valence-electron chi connectivity index (χ2n) is 6.82. The molecule has 0 saturated carbocycles. The van der Waals surface area contributed by atoms with E-state index in [0.29, 0.717) is 6.04 Å². The fourth-order valence-electron chi connectivity index (χ4n) is 3.67. The van der Waals surface area contributed by atoms with Gasteiger partial charge in [0.15, 0.2) is 0 Å². The van der Waals surface area contributed by atoms with Crippen LogP contribution in [0.3, 0.4) is 0 Å². The summed E-state index contributed by atoms with van der Waals surface area (Å²) in [6.07, 6.45) is 5.06. The number of piperazine rings is 1. The number of aromatic nitrogens is 2. The molecule has 3 aromatic rings. The molecule has 0 bridgehead atoms. The molecule has 0 spiro atoms. The third-order valence-corrected chi connectivity index (χ3v) is 5.65. The van der Waals surface area contributed by atoms with Gasteiger partial charge in [-0.3, -0.25) is 4.90 Å². The second kappa shape index (κ2) is 7.28. The lowest BCUT2D eigenvalue weighted by molar-refractivity contribution is 0.0910. The van der Waals surface area contributed by atoms with Crippen LogP contribution in [0.5, 0.6) is 0 Å². The SMILES string of the molecule is CN1CCN(CCc2cnn3ccccc23)C(c2ccc(Br)cc2)C1. The Morgan fingerprint density at radius 2 is 1.96 bits per heavy atom. The number of pyridine rings is 1. The van der Waals surface area contributed by atoms with E-state index in [1.807, 2.05) is 23.0 Å². The summed E-state index contributed by atoms with van der Waals surface area (Å²) < 4.78 is 3.10. The van der Waals surface area contributed by atoms with Gasteiger partial charge in [-0.05, 0) is 48.9 Å². The fraction of sp³-hybridized carbons (Fsp3) is 0.350. The molecule has 0 radical (unpaired) electrons. The summed E-state index contributed by atoms with van der Waals surface area (Å²) in [5.41, 5.74) is 3.94. The van der Waals surface area contributed by atoms with Crippen molar-refractivity contribution in [2.45, 2.75) is 12.5 Å². The first kappa shape index (κ1) is 16.8. The molecule has 1 unspecified atom stereocenters. The molecule has 0 N–H and O–H groups in total. The number of fused-ring (bicyclic) bond motifs is 1. The van der Waals surface area contributed by atoms with Crippen LogP contribution in [0.4, 0.5) is 0 Å². The zero-order valence-electron chi connectivity index (χ0n) is 14.5. The Hall–Kier alpha value is -1.69. The molecular formula is C20H23BrN4. The molecule has 1 aromatic carbocycles. The van der Waals surface area contributed by atoms with Crippen molar-refractivity contribution in [3.8, 4) is 0 Å². The van der Waals surface area contributed by atoms with Gasteiger partial charge >= 0.3 is 0 Å². The van der Waals surface area contributed by atoms with Crippen LogP contribution < -0.4 is 0 Å². The van der Waals surface area contributed by atoms with E-state index in [2.05, 4.69) is 74.3 Å². The van der Waals surface area contributed by atoms with Gasteiger partial charge in [0.1, 0.15) is 0 Å². The van der Waals surface area contributed by atoms with Gasteiger partial charge in [0.05, 0.1) is 11.7 Å². The van der Waals surface area contributed by atoms with Crippen LogP contribution in [0.15, 0.2) is 59.3 Å². The molecule has 3 heterocycles. The number of hydrogen-bond donors (Lipinski definition) is 0. The van der Waals surface area contributed by atoms with Crippen LogP contribution >= 0.6 is 15.9 Å². The smallest absolute Gasteiger partial charge is 0.0694 e. The van der Waals surface area contributed by atoms with Crippen molar-refractivity contribution in [2.75, 3.05) is 33.2 Å². The molecule has 1 atom stereocenters. The van der Waals surface area contributed by atoms with E-state index in [4.69, 9.17) is 0 Å². The summed E-state index contributed by atoms with van der Waals surface area (Å²) in [5.74, 6) is 0. The van der Waals surface area contributed by atoms with Crippen molar-refractivity contribution in [2.24, 2.45) is 0 Å². The normalized spacial score (nSPS) is 19.5. The Morgan fingerprint density at radius 3 is 2.80 bits per heavy atom. The largest absolute Gasteiger partial charge is 0.303 e. The topological polar surface area (TPSA) is 23.8 Å². The maximum atomic E-state index is 4.47. The van der Waals surface area contributed by atoms with Crippen molar-refractivity contribution >= 4 is 21.4 Å². The quantitative estimate of drug-likeness (QED) is 0.670. The van der Waals surface area contributed by atoms with Gasteiger partial charge in [0.2, 0.25) is 0 Å². The van der Waals surface area contributed by atoms with Gasteiger partial charge in [0, 0.05) is 42.9 Å². The van der Waals surface area contributed by atoms with Crippen molar-refractivity contribution in [3.05, 3.63) is 70.5 Å². The highest BCUT2D eigenvalue weighted by atomic mass is 79.9. The summed E-state index contributed by atoms with van der Waals surface area (Å²) in [7, 11) is 2.22. The maximum absolute atomic E-state index is 4.47. The van der Waals surface area contributed by atoms with Crippen LogP contribution in [0, 0.1) is 0 Å². The van der Waals surface area contributed by atoms with Gasteiger partial charge in [-0.25, -0.2) is 4.52 Å². The van der Waals surface area contributed by atoms with Crippen molar-refractivity contribution in [1.82, 2.24) is 19.4 Å². The number of benzene rings is 1. The average molecular weight is 399 g/mol. The van der Waals surface area contributed by atoms with Gasteiger partial charge < -0.3 is 4.90 Å². The first-order valence-electron chi connectivity index (χ1n) is 8.80. The predicted molar refractivity (Wildman–Crippen MR) is 105 cm³/mol. The van der Waals surface area contributed by atoms with Crippen LogP contribution in [0.2, 0.25) is 0 Å². The van der Waals surface area contributed by atoms with E-state index in [0.717, 1.165) is 37.1 Å². The monoisotopic (exact) mass is 398 g/mol. The standard InChI is InChI=1S/C20H23BrN4/c1-23-12-13-24(20(15-23)16-5-7-18(21)8-6-16)11-9-17-14-22-25-10-3-2-4-19(17)25/h2-8,10,14,20H,9,11-13,15H2,1H3. The molecule has 1 saturated heterocycles. The molecule has 25 heavy (non-hydrogen) atoms. The molecule has 1 aliphatic heterocycles. The van der Waals surface area contributed by atoms with Crippen LogP contribution in [-0.2, 0) is 6.42 Å². The molecule has 1 fully saturated rings. The molecule has 0 amide bonds. The number of nitrogens with zero attached hydrogens (tertiary/aromatic N) is 4. The Kier molecular flexibility index (Phi) is 4.88. The molecule has 0 aliphatic carbocycles. The molecule has 4 rings (SSSR count). The third-order valence-electron chi connectivity index (χ3n) is 5.12. The summed E-state index contributed by atoms with van der Waals surface area (Å²) >= 11 is 3.54. The highest BCUT2D eigenvalue weighted by Gasteiger charge is 2.26. The average Bonchev–Trinajstić information content (AvgIpc) is 3.05. The van der Waals surface area contributed by atoms with E-state index in [1.54, 1.807) is 0 Å². The van der Waals surface area contributed by atoms with Crippen molar-refractivity contribution < 1.29 is 0 Å². The van der Waals surface area contributed by atoms with Crippen LogP contribution in [0.1, 0.15) is 17.2 Å². The number of likely N-dealkylation sites (N-methyl/N-ethyl adjacent to an activating group) is 1. The van der Waals surface area contributed by atoms with Crippen LogP contribution in [-0.4, -0.2) is 52.6 Å². The van der Waals surface area contributed by atoms with E-state index < -0.39 is 0 Å². The number of rotatable bonds is 4. The van der Waals surface area contributed by atoms with Gasteiger partial charge in [-0.15, -0.1) is 0 Å². The molecule has 2 aromatic heterocycles. The molecule has 1 aliphatic rings. The second-order valence-corrected chi connectivity index (χ2v) is 7.73. The number of hydrogen-bond acceptors (Lipinski definition) is 3. The van der Waals surface area contributed by atoms with E-state index in [9.17, 15) is 0 Å². The molecule has 4 nitrogen and oxygen atoms in total. The first-order valence-corrected chi connectivity index (χ1v) is 9.59. The summed E-state index contributed by atoms with van der Waals surface area (Å²) in [6.45, 7) is 4.37. The zero-order valence-corrected chi connectivity index (χ0v) is 16.1. The highest BCUT2D eigenvalue weighted by Crippen LogP contribution is 2.26. The van der Waals surface area contributed by atoms with Gasteiger partial charge in [0.25, 0.3) is 0 Å². The van der Waals surface area contributed by atoms with Crippen LogP contribution in [0.25, 0.3) is 5.52 Å². The first-order chi connectivity index (χ1) is 12.2. The van der Waals surface area contributed by atoms with Crippen molar-refractivity contribution in [1.29, 1.82) is 0 Å². The lowest BCUT2D eigenvalue weighted by atomic mass is 10.0. The van der Waals surface area contributed by atoms with Crippen molar-refractivity contribution in [3.63, 3.8) is 0 Å². The summed E-state index contributed by atoms with van der Waals surface area (Å²) in [6, 6.07) is 15.5.